The van der Waals surface area contributed by atoms with Gasteiger partial charge in [-0.1, -0.05) is 12.1 Å². The largest absolute Gasteiger partial charge is 0.335 e. The summed E-state index contributed by atoms with van der Waals surface area (Å²) in [4.78, 5) is 11.8. The molecule has 1 fully saturated rings. The Hall–Kier alpha value is -2.30. The minimum atomic E-state index is -0.133. The summed E-state index contributed by atoms with van der Waals surface area (Å²) in [5.41, 5.74) is 2.71. The normalized spacial score (nSPS) is 14.7. The molecule has 19 heavy (non-hydrogen) atoms. The third-order valence-corrected chi connectivity index (χ3v) is 3.37. The molecule has 98 valence electrons. The van der Waals surface area contributed by atoms with Gasteiger partial charge in [-0.25, -0.2) is 4.79 Å². The van der Waals surface area contributed by atoms with Crippen molar-refractivity contribution < 1.29 is 4.79 Å². The van der Waals surface area contributed by atoms with E-state index in [1.54, 1.807) is 6.20 Å². The first-order chi connectivity index (χ1) is 9.31. The lowest BCUT2D eigenvalue weighted by Gasteiger charge is -2.26. The average Bonchev–Trinajstić information content (AvgIpc) is 2.88. The van der Waals surface area contributed by atoms with Crippen molar-refractivity contribution >= 4 is 11.7 Å². The minimum Gasteiger partial charge on any atom is -0.335 e. The van der Waals surface area contributed by atoms with Crippen LogP contribution in [0, 0.1) is 0 Å². The summed E-state index contributed by atoms with van der Waals surface area (Å²) in [7, 11) is 0. The number of nitrogens with zero attached hydrogens (tertiary/aromatic N) is 1. The number of hydrogen-bond donors (Lipinski definition) is 3. The van der Waals surface area contributed by atoms with Crippen molar-refractivity contribution in [1.29, 1.82) is 0 Å². The number of aromatic amines is 1. The van der Waals surface area contributed by atoms with Crippen LogP contribution in [0.2, 0.25) is 0 Å². The van der Waals surface area contributed by atoms with E-state index in [9.17, 15) is 4.79 Å². The predicted molar refractivity (Wildman–Crippen MR) is 73.8 cm³/mol. The lowest BCUT2D eigenvalue weighted by molar-refractivity contribution is 0.240. The molecule has 0 unspecified atom stereocenters. The van der Waals surface area contributed by atoms with E-state index < -0.39 is 0 Å². The number of nitrogens with one attached hydrogen (secondary N) is 3. The SMILES string of the molecule is O=C(Nc1cccc(-c2ccn[nH]2)c1)NC1CCC1. The third kappa shape index (κ3) is 2.76. The maximum absolute atomic E-state index is 11.8. The first-order valence-electron chi connectivity index (χ1n) is 6.48. The molecule has 1 aromatic carbocycles. The summed E-state index contributed by atoms with van der Waals surface area (Å²) < 4.78 is 0. The molecule has 0 bridgehead atoms. The number of rotatable bonds is 3. The number of benzene rings is 1. The highest BCUT2D eigenvalue weighted by atomic mass is 16.2. The topological polar surface area (TPSA) is 69.8 Å². The van der Waals surface area contributed by atoms with Gasteiger partial charge in [0.05, 0.1) is 5.69 Å². The summed E-state index contributed by atoms with van der Waals surface area (Å²) in [5, 5.41) is 12.6. The van der Waals surface area contributed by atoms with Gasteiger partial charge in [0.25, 0.3) is 0 Å². The molecule has 0 radical (unpaired) electrons. The zero-order chi connectivity index (χ0) is 13.1. The second kappa shape index (κ2) is 5.14. The van der Waals surface area contributed by atoms with E-state index in [1.165, 1.54) is 6.42 Å². The van der Waals surface area contributed by atoms with Gasteiger partial charge in [-0.3, -0.25) is 5.10 Å². The highest BCUT2D eigenvalue weighted by molar-refractivity contribution is 5.90. The van der Waals surface area contributed by atoms with Crippen molar-refractivity contribution in [3.8, 4) is 11.3 Å². The van der Waals surface area contributed by atoms with Gasteiger partial charge >= 0.3 is 6.03 Å². The molecule has 5 heteroatoms. The van der Waals surface area contributed by atoms with Gasteiger partial charge in [-0.2, -0.15) is 5.10 Å². The van der Waals surface area contributed by atoms with Gasteiger partial charge in [-0.15, -0.1) is 0 Å². The van der Waals surface area contributed by atoms with E-state index in [0.29, 0.717) is 6.04 Å². The van der Waals surface area contributed by atoms with E-state index in [1.807, 2.05) is 30.3 Å². The lowest BCUT2D eigenvalue weighted by Crippen LogP contribution is -2.41. The van der Waals surface area contributed by atoms with Crippen molar-refractivity contribution in [3.05, 3.63) is 36.5 Å². The summed E-state index contributed by atoms with van der Waals surface area (Å²) in [6.07, 6.45) is 5.09. The molecule has 1 heterocycles. The van der Waals surface area contributed by atoms with Crippen LogP contribution < -0.4 is 10.6 Å². The molecular formula is C14H16N4O. The van der Waals surface area contributed by atoms with E-state index in [0.717, 1.165) is 29.8 Å². The molecule has 0 atom stereocenters. The Labute approximate surface area is 111 Å². The molecule has 5 nitrogen and oxygen atoms in total. The minimum absolute atomic E-state index is 0.133. The van der Waals surface area contributed by atoms with E-state index in [4.69, 9.17) is 0 Å². The zero-order valence-corrected chi connectivity index (χ0v) is 10.5. The van der Waals surface area contributed by atoms with Gasteiger partial charge in [0, 0.05) is 23.5 Å². The van der Waals surface area contributed by atoms with Gasteiger partial charge in [-0.05, 0) is 37.5 Å². The van der Waals surface area contributed by atoms with E-state index in [-0.39, 0.29) is 6.03 Å². The third-order valence-electron chi connectivity index (χ3n) is 3.37. The number of carbonyl (C=O) groups is 1. The van der Waals surface area contributed by atoms with Crippen LogP contribution in [-0.2, 0) is 0 Å². The Balaban J connectivity index is 1.67. The number of carbonyl (C=O) groups excluding carboxylic acids is 1. The summed E-state index contributed by atoms with van der Waals surface area (Å²) in [5.74, 6) is 0. The summed E-state index contributed by atoms with van der Waals surface area (Å²) in [6, 6.07) is 9.79. The van der Waals surface area contributed by atoms with Gasteiger partial charge in [0.1, 0.15) is 0 Å². The first kappa shape index (κ1) is 11.8. The summed E-state index contributed by atoms with van der Waals surface area (Å²) >= 11 is 0. The lowest BCUT2D eigenvalue weighted by atomic mass is 9.93. The number of aromatic nitrogens is 2. The van der Waals surface area contributed by atoms with Crippen LogP contribution in [0.5, 0.6) is 0 Å². The van der Waals surface area contributed by atoms with Crippen molar-refractivity contribution in [2.45, 2.75) is 25.3 Å². The molecule has 2 amide bonds. The van der Waals surface area contributed by atoms with Gasteiger partial charge in [0.2, 0.25) is 0 Å². The predicted octanol–water partition coefficient (Wildman–Crippen LogP) is 2.75. The second-order valence-corrected chi connectivity index (χ2v) is 4.78. The number of anilines is 1. The van der Waals surface area contributed by atoms with Crippen LogP contribution >= 0.6 is 0 Å². The van der Waals surface area contributed by atoms with Crippen molar-refractivity contribution in [2.75, 3.05) is 5.32 Å². The molecular weight excluding hydrogens is 240 g/mol. The highest BCUT2D eigenvalue weighted by Crippen LogP contribution is 2.21. The van der Waals surface area contributed by atoms with Crippen LogP contribution in [0.15, 0.2) is 36.5 Å². The first-order valence-corrected chi connectivity index (χ1v) is 6.48. The van der Waals surface area contributed by atoms with Crippen molar-refractivity contribution in [2.24, 2.45) is 0 Å². The van der Waals surface area contributed by atoms with Crippen molar-refractivity contribution in [1.82, 2.24) is 15.5 Å². The second-order valence-electron chi connectivity index (χ2n) is 4.78. The molecule has 1 aliphatic carbocycles. The average molecular weight is 256 g/mol. The Bertz CT molecular complexity index is 561. The fourth-order valence-electron chi connectivity index (χ4n) is 2.09. The maximum Gasteiger partial charge on any atom is 0.319 e. The molecule has 3 rings (SSSR count). The number of urea groups is 1. The molecule has 0 saturated heterocycles. The van der Waals surface area contributed by atoms with Gasteiger partial charge in [0.15, 0.2) is 0 Å². The molecule has 3 N–H and O–H groups in total. The Morgan fingerprint density at radius 2 is 2.21 bits per heavy atom. The molecule has 1 saturated carbocycles. The Kier molecular flexibility index (Phi) is 3.18. The zero-order valence-electron chi connectivity index (χ0n) is 10.5. The van der Waals surface area contributed by atoms with Crippen LogP contribution in [0.4, 0.5) is 10.5 Å². The number of amides is 2. The number of hydrogen-bond acceptors (Lipinski definition) is 2. The molecule has 1 aromatic heterocycles. The smallest absolute Gasteiger partial charge is 0.319 e. The van der Waals surface area contributed by atoms with Crippen molar-refractivity contribution in [3.63, 3.8) is 0 Å². The molecule has 0 spiro atoms. The van der Waals surface area contributed by atoms with Crippen LogP contribution in [-0.4, -0.2) is 22.3 Å². The Morgan fingerprint density at radius 3 is 2.89 bits per heavy atom. The Morgan fingerprint density at radius 1 is 1.32 bits per heavy atom. The highest BCUT2D eigenvalue weighted by Gasteiger charge is 2.19. The van der Waals surface area contributed by atoms with Crippen LogP contribution in [0.1, 0.15) is 19.3 Å². The van der Waals surface area contributed by atoms with E-state index in [2.05, 4.69) is 20.8 Å². The summed E-state index contributed by atoms with van der Waals surface area (Å²) in [6.45, 7) is 0. The van der Waals surface area contributed by atoms with Gasteiger partial charge < -0.3 is 10.6 Å². The van der Waals surface area contributed by atoms with E-state index >= 15 is 0 Å². The quantitative estimate of drug-likeness (QED) is 0.790. The molecule has 0 aliphatic heterocycles. The fraction of sp³-hybridized carbons (Fsp3) is 0.286. The molecule has 2 aromatic rings. The standard InChI is InChI=1S/C14H16N4O/c19-14(16-11-4-2-5-11)17-12-6-1-3-10(9-12)13-7-8-15-18-13/h1,3,6-9,11H,2,4-5H2,(H,15,18)(H2,16,17,19). The van der Waals surface area contributed by atoms with Crippen LogP contribution in [0.25, 0.3) is 11.3 Å². The maximum atomic E-state index is 11.8. The number of H-pyrrole nitrogens is 1. The monoisotopic (exact) mass is 256 g/mol. The fourth-order valence-corrected chi connectivity index (χ4v) is 2.09. The van der Waals surface area contributed by atoms with Crippen LogP contribution in [0.3, 0.4) is 0 Å². The molecule has 1 aliphatic rings.